The Morgan fingerprint density at radius 2 is 1.82 bits per heavy atom. The molecule has 0 fully saturated rings. The Morgan fingerprint density at radius 1 is 1.11 bits per heavy atom. The Labute approximate surface area is 169 Å². The molecule has 1 aliphatic rings. The van der Waals surface area contributed by atoms with Crippen molar-refractivity contribution in [3.63, 3.8) is 0 Å². The fraction of sp³-hybridized carbons (Fsp3) is 0.381. The van der Waals surface area contributed by atoms with Crippen LogP contribution in [0, 0.1) is 0 Å². The maximum atomic E-state index is 13.4. The highest BCUT2D eigenvalue weighted by Gasteiger charge is 2.34. The topological polar surface area (TPSA) is 32.3 Å². The van der Waals surface area contributed by atoms with Crippen LogP contribution in [-0.4, -0.2) is 24.4 Å². The molecule has 7 heteroatoms. The molecule has 1 amide bonds. The molecular formula is C21H24ClF3N2O. The third kappa shape index (κ3) is 4.86. The van der Waals surface area contributed by atoms with E-state index in [0.717, 1.165) is 31.1 Å². The summed E-state index contributed by atoms with van der Waals surface area (Å²) in [4.78, 5) is 14.7. The first kappa shape index (κ1) is 22.2. The Kier molecular flexibility index (Phi) is 6.78. The Morgan fingerprint density at radius 3 is 2.46 bits per heavy atom. The molecule has 2 aromatic rings. The van der Waals surface area contributed by atoms with Gasteiger partial charge in [-0.15, -0.1) is 12.4 Å². The van der Waals surface area contributed by atoms with Crippen molar-refractivity contribution in [1.82, 2.24) is 4.90 Å². The summed E-state index contributed by atoms with van der Waals surface area (Å²) < 4.78 is 40.1. The monoisotopic (exact) mass is 412 g/mol. The molecule has 0 saturated carbocycles. The van der Waals surface area contributed by atoms with Gasteiger partial charge in [-0.3, -0.25) is 4.79 Å². The number of hydrogen-bond acceptors (Lipinski definition) is 2. The van der Waals surface area contributed by atoms with Gasteiger partial charge in [0.15, 0.2) is 0 Å². The van der Waals surface area contributed by atoms with Crippen LogP contribution < -0.4 is 5.32 Å². The molecule has 0 aromatic heterocycles. The zero-order valence-corrected chi connectivity index (χ0v) is 16.9. The van der Waals surface area contributed by atoms with Gasteiger partial charge in [0.05, 0.1) is 5.56 Å². The van der Waals surface area contributed by atoms with Gasteiger partial charge in [-0.25, -0.2) is 0 Å². The lowest BCUT2D eigenvalue weighted by atomic mass is 9.94. The number of carbonyl (C=O) groups excluding carboxylic acids is 1. The zero-order valence-electron chi connectivity index (χ0n) is 16.1. The van der Waals surface area contributed by atoms with E-state index in [1.54, 1.807) is 19.9 Å². The van der Waals surface area contributed by atoms with E-state index >= 15 is 0 Å². The smallest absolute Gasteiger partial charge is 0.322 e. The molecule has 0 unspecified atom stereocenters. The number of nitrogens with zero attached hydrogens (tertiary/aromatic N) is 1. The summed E-state index contributed by atoms with van der Waals surface area (Å²) >= 11 is 0. The van der Waals surface area contributed by atoms with Crippen LogP contribution in [0.5, 0.6) is 0 Å². The summed E-state index contributed by atoms with van der Waals surface area (Å²) in [6.45, 7) is 5.18. The van der Waals surface area contributed by atoms with Gasteiger partial charge in [0.1, 0.15) is 0 Å². The molecule has 1 aliphatic heterocycles. The van der Waals surface area contributed by atoms with E-state index in [9.17, 15) is 18.0 Å². The lowest BCUT2D eigenvalue weighted by molar-refractivity contribution is -0.138. The number of alkyl halides is 3. The van der Waals surface area contributed by atoms with E-state index in [-0.39, 0.29) is 29.5 Å². The Bertz CT molecular complexity index is 865. The molecule has 0 bridgehead atoms. The van der Waals surface area contributed by atoms with Crippen LogP contribution >= 0.6 is 12.4 Å². The number of fused-ring (bicyclic) bond motifs is 1. The van der Waals surface area contributed by atoms with Crippen molar-refractivity contribution in [2.45, 2.75) is 38.9 Å². The highest BCUT2D eigenvalue weighted by molar-refractivity contribution is 6.04. The lowest BCUT2D eigenvalue weighted by Gasteiger charge is -2.25. The summed E-state index contributed by atoms with van der Waals surface area (Å²) in [7, 11) is 2.03. The fourth-order valence-electron chi connectivity index (χ4n) is 3.43. The molecule has 152 valence electrons. The first-order valence-corrected chi connectivity index (χ1v) is 8.98. The van der Waals surface area contributed by atoms with Crippen LogP contribution in [0.25, 0.3) is 0 Å². The maximum absolute atomic E-state index is 13.4. The van der Waals surface area contributed by atoms with Crippen LogP contribution in [-0.2, 0) is 19.1 Å². The molecule has 0 atom stereocenters. The number of benzene rings is 2. The van der Waals surface area contributed by atoms with Crippen molar-refractivity contribution in [2.24, 2.45) is 0 Å². The van der Waals surface area contributed by atoms with Crippen molar-refractivity contribution in [1.29, 1.82) is 0 Å². The second-order valence-corrected chi connectivity index (χ2v) is 7.38. The fourth-order valence-corrected chi connectivity index (χ4v) is 3.43. The van der Waals surface area contributed by atoms with Crippen molar-refractivity contribution in [3.8, 4) is 0 Å². The summed E-state index contributed by atoms with van der Waals surface area (Å²) in [5.41, 5.74) is 2.41. The second-order valence-electron chi connectivity index (χ2n) is 7.38. The van der Waals surface area contributed by atoms with E-state index in [2.05, 4.69) is 10.2 Å². The van der Waals surface area contributed by atoms with Gasteiger partial charge >= 0.3 is 6.18 Å². The van der Waals surface area contributed by atoms with Crippen molar-refractivity contribution >= 4 is 24.0 Å². The number of halogens is 4. The summed E-state index contributed by atoms with van der Waals surface area (Å²) in [6, 6.07) is 9.46. The molecule has 28 heavy (non-hydrogen) atoms. The number of nitrogens with one attached hydrogen (secondary N) is 1. The van der Waals surface area contributed by atoms with Crippen molar-refractivity contribution in [3.05, 3.63) is 64.2 Å². The quantitative estimate of drug-likeness (QED) is 0.722. The summed E-state index contributed by atoms with van der Waals surface area (Å²) in [6.07, 6.45) is -3.54. The van der Waals surface area contributed by atoms with E-state index in [0.29, 0.717) is 5.69 Å². The predicted molar refractivity (Wildman–Crippen MR) is 107 cm³/mol. The summed E-state index contributed by atoms with van der Waals surface area (Å²) in [5, 5.41) is 2.73. The normalized spacial score (nSPS) is 14.4. The standard InChI is InChI=1S/C21H23F3N2O.ClH/c1-13(2)18-7-5-15(11-19(18)21(22,23)24)20(27)25-17-6-4-14-8-9-26(3)12-16(14)10-17;/h4-7,10-11,13H,8-9,12H2,1-3H3,(H,25,27);1H. The van der Waals surface area contributed by atoms with E-state index in [1.165, 1.54) is 17.7 Å². The second kappa shape index (κ2) is 8.53. The highest BCUT2D eigenvalue weighted by atomic mass is 35.5. The van der Waals surface area contributed by atoms with Gasteiger partial charge in [-0.2, -0.15) is 13.2 Å². The van der Waals surface area contributed by atoms with E-state index in [1.807, 2.05) is 19.2 Å². The van der Waals surface area contributed by atoms with Gasteiger partial charge in [-0.05, 0) is 60.3 Å². The van der Waals surface area contributed by atoms with Crippen molar-refractivity contribution in [2.75, 3.05) is 18.9 Å². The molecule has 0 radical (unpaired) electrons. The zero-order chi connectivity index (χ0) is 19.8. The van der Waals surface area contributed by atoms with Crippen LogP contribution in [0.15, 0.2) is 36.4 Å². The molecule has 3 nitrogen and oxygen atoms in total. The summed E-state index contributed by atoms with van der Waals surface area (Å²) in [5.74, 6) is -0.823. The highest BCUT2D eigenvalue weighted by Crippen LogP contribution is 2.36. The SMILES string of the molecule is CC(C)c1ccc(C(=O)Nc2ccc3c(c2)CN(C)CC3)cc1C(F)(F)F.Cl. The van der Waals surface area contributed by atoms with Crippen LogP contribution in [0.3, 0.4) is 0 Å². The third-order valence-electron chi connectivity index (χ3n) is 4.91. The van der Waals surface area contributed by atoms with Crippen LogP contribution in [0.4, 0.5) is 18.9 Å². The Hall–Kier alpha value is -2.05. The number of likely N-dealkylation sites (N-methyl/N-ethyl adjacent to an activating group) is 1. The number of carbonyl (C=O) groups is 1. The minimum Gasteiger partial charge on any atom is -0.322 e. The molecule has 0 aliphatic carbocycles. The van der Waals surface area contributed by atoms with Gasteiger partial charge in [0, 0.05) is 24.3 Å². The average molecular weight is 413 g/mol. The largest absolute Gasteiger partial charge is 0.416 e. The first-order chi connectivity index (χ1) is 12.6. The van der Waals surface area contributed by atoms with Gasteiger partial charge in [-0.1, -0.05) is 26.0 Å². The molecule has 1 heterocycles. The average Bonchev–Trinajstić information content (AvgIpc) is 2.60. The molecule has 1 N–H and O–H groups in total. The van der Waals surface area contributed by atoms with Gasteiger partial charge in [0.2, 0.25) is 0 Å². The minimum absolute atomic E-state index is 0. The minimum atomic E-state index is -4.49. The van der Waals surface area contributed by atoms with E-state index < -0.39 is 17.6 Å². The number of anilines is 1. The van der Waals surface area contributed by atoms with Gasteiger partial charge < -0.3 is 10.2 Å². The first-order valence-electron chi connectivity index (χ1n) is 8.98. The number of amides is 1. The lowest BCUT2D eigenvalue weighted by Crippen LogP contribution is -2.26. The van der Waals surface area contributed by atoms with Crippen LogP contribution in [0.2, 0.25) is 0 Å². The molecule has 0 saturated heterocycles. The van der Waals surface area contributed by atoms with Gasteiger partial charge in [0.25, 0.3) is 5.91 Å². The predicted octanol–water partition coefficient (Wildman–Crippen LogP) is 5.49. The van der Waals surface area contributed by atoms with Crippen molar-refractivity contribution < 1.29 is 18.0 Å². The van der Waals surface area contributed by atoms with E-state index in [4.69, 9.17) is 0 Å². The van der Waals surface area contributed by atoms with Crippen LogP contribution in [0.1, 0.15) is 52.4 Å². The third-order valence-corrected chi connectivity index (χ3v) is 4.91. The Balaban J connectivity index is 0.00000280. The molecule has 3 rings (SSSR count). The maximum Gasteiger partial charge on any atom is 0.416 e. The molecule has 2 aromatic carbocycles. The molecule has 0 spiro atoms. The number of rotatable bonds is 3. The number of hydrogen-bond donors (Lipinski definition) is 1. The molecular weight excluding hydrogens is 389 g/mol.